The standard InChI is InChI=1S/C14H9Br2FO/c15-10-3-1-9(2-4-10)7-14(18)12-8-11(17)5-6-13(12)16/h1-6,8H,7H2. The van der Waals surface area contributed by atoms with Crippen molar-refractivity contribution in [3.63, 3.8) is 0 Å². The van der Waals surface area contributed by atoms with Crippen LogP contribution in [-0.4, -0.2) is 5.78 Å². The van der Waals surface area contributed by atoms with E-state index in [1.165, 1.54) is 12.1 Å². The average molecular weight is 372 g/mol. The second kappa shape index (κ2) is 5.76. The van der Waals surface area contributed by atoms with Crippen LogP contribution in [0.15, 0.2) is 51.4 Å². The van der Waals surface area contributed by atoms with E-state index in [1.807, 2.05) is 24.3 Å². The normalized spacial score (nSPS) is 10.4. The Morgan fingerprint density at radius 3 is 2.39 bits per heavy atom. The quantitative estimate of drug-likeness (QED) is 0.710. The van der Waals surface area contributed by atoms with Gasteiger partial charge in [0.15, 0.2) is 5.78 Å². The number of benzene rings is 2. The predicted octanol–water partition coefficient (Wildman–Crippen LogP) is 4.78. The largest absolute Gasteiger partial charge is 0.294 e. The van der Waals surface area contributed by atoms with Crippen molar-refractivity contribution < 1.29 is 9.18 Å². The highest BCUT2D eigenvalue weighted by molar-refractivity contribution is 9.10. The van der Waals surface area contributed by atoms with Crippen LogP contribution in [0.1, 0.15) is 15.9 Å². The third kappa shape index (κ3) is 3.27. The van der Waals surface area contributed by atoms with E-state index in [-0.39, 0.29) is 12.2 Å². The van der Waals surface area contributed by atoms with Crippen LogP contribution in [0, 0.1) is 5.82 Å². The molecular formula is C14H9Br2FO. The zero-order valence-electron chi connectivity index (χ0n) is 9.29. The van der Waals surface area contributed by atoms with Gasteiger partial charge >= 0.3 is 0 Å². The van der Waals surface area contributed by atoms with Crippen molar-refractivity contribution in [2.75, 3.05) is 0 Å². The number of hydrogen-bond donors (Lipinski definition) is 0. The highest BCUT2D eigenvalue weighted by Gasteiger charge is 2.11. The van der Waals surface area contributed by atoms with Crippen molar-refractivity contribution in [2.24, 2.45) is 0 Å². The molecular weight excluding hydrogens is 363 g/mol. The Morgan fingerprint density at radius 1 is 1.06 bits per heavy atom. The molecule has 0 aliphatic rings. The lowest BCUT2D eigenvalue weighted by molar-refractivity contribution is 0.0992. The molecule has 0 bridgehead atoms. The first kappa shape index (κ1) is 13.4. The minimum absolute atomic E-state index is 0.108. The van der Waals surface area contributed by atoms with Crippen molar-refractivity contribution in [3.05, 3.63) is 68.4 Å². The third-order valence-electron chi connectivity index (χ3n) is 2.51. The minimum atomic E-state index is -0.405. The summed E-state index contributed by atoms with van der Waals surface area (Å²) in [6, 6.07) is 11.6. The Bertz CT molecular complexity index is 579. The fourth-order valence-corrected chi connectivity index (χ4v) is 2.33. The topological polar surface area (TPSA) is 17.1 Å². The number of carbonyl (C=O) groups is 1. The molecule has 2 aromatic rings. The molecule has 2 aromatic carbocycles. The number of ketones is 1. The van der Waals surface area contributed by atoms with Gasteiger partial charge in [-0.05, 0) is 35.9 Å². The van der Waals surface area contributed by atoms with Crippen LogP contribution in [0.2, 0.25) is 0 Å². The van der Waals surface area contributed by atoms with Crippen LogP contribution in [0.5, 0.6) is 0 Å². The van der Waals surface area contributed by atoms with E-state index in [1.54, 1.807) is 6.07 Å². The molecule has 0 atom stereocenters. The van der Waals surface area contributed by atoms with Crippen LogP contribution < -0.4 is 0 Å². The average Bonchev–Trinajstić information content (AvgIpc) is 2.35. The number of carbonyl (C=O) groups excluding carboxylic acids is 1. The summed E-state index contributed by atoms with van der Waals surface area (Å²) in [5.41, 5.74) is 1.28. The summed E-state index contributed by atoms with van der Waals surface area (Å²) in [5, 5.41) is 0. The van der Waals surface area contributed by atoms with Crippen molar-refractivity contribution in [1.82, 2.24) is 0 Å². The van der Waals surface area contributed by atoms with Gasteiger partial charge in [-0.3, -0.25) is 4.79 Å². The maximum Gasteiger partial charge on any atom is 0.168 e. The Kier molecular flexibility index (Phi) is 4.30. The summed E-state index contributed by atoms with van der Waals surface area (Å²) in [5.74, 6) is -0.513. The first-order chi connectivity index (χ1) is 8.56. The summed E-state index contributed by atoms with van der Waals surface area (Å²) in [6.07, 6.45) is 0.259. The van der Waals surface area contributed by atoms with E-state index in [0.29, 0.717) is 10.0 Å². The van der Waals surface area contributed by atoms with Gasteiger partial charge < -0.3 is 0 Å². The summed E-state index contributed by atoms with van der Waals surface area (Å²) in [6.45, 7) is 0. The molecule has 18 heavy (non-hydrogen) atoms. The van der Waals surface area contributed by atoms with Gasteiger partial charge in [-0.15, -0.1) is 0 Å². The lowest BCUT2D eigenvalue weighted by atomic mass is 10.0. The van der Waals surface area contributed by atoms with Gasteiger partial charge in [-0.1, -0.05) is 44.0 Å². The zero-order valence-corrected chi connectivity index (χ0v) is 12.5. The molecule has 0 saturated carbocycles. The molecule has 92 valence electrons. The molecule has 0 N–H and O–H groups in total. The van der Waals surface area contributed by atoms with Crippen molar-refractivity contribution in [1.29, 1.82) is 0 Å². The molecule has 0 heterocycles. The second-order valence-corrected chi connectivity index (χ2v) is 5.62. The van der Waals surface area contributed by atoms with Crippen LogP contribution in [0.25, 0.3) is 0 Å². The Balaban J connectivity index is 2.21. The van der Waals surface area contributed by atoms with Gasteiger partial charge in [0.2, 0.25) is 0 Å². The molecule has 2 rings (SSSR count). The Hall–Kier alpha value is -1.00. The van der Waals surface area contributed by atoms with Gasteiger partial charge in [-0.25, -0.2) is 4.39 Å². The summed E-state index contributed by atoms with van der Waals surface area (Å²) >= 11 is 6.60. The number of halogens is 3. The van der Waals surface area contributed by atoms with Gasteiger partial charge in [0.1, 0.15) is 5.82 Å². The highest BCUT2D eigenvalue weighted by Crippen LogP contribution is 2.20. The molecule has 0 aliphatic heterocycles. The number of rotatable bonds is 3. The van der Waals surface area contributed by atoms with Crippen LogP contribution in [0.4, 0.5) is 4.39 Å². The molecule has 0 amide bonds. The van der Waals surface area contributed by atoms with Crippen LogP contribution >= 0.6 is 31.9 Å². The predicted molar refractivity (Wildman–Crippen MR) is 76.3 cm³/mol. The minimum Gasteiger partial charge on any atom is -0.294 e. The molecule has 4 heteroatoms. The van der Waals surface area contributed by atoms with E-state index in [9.17, 15) is 9.18 Å². The summed E-state index contributed by atoms with van der Waals surface area (Å²) in [4.78, 5) is 12.1. The first-order valence-electron chi connectivity index (χ1n) is 5.29. The lowest BCUT2D eigenvalue weighted by Gasteiger charge is -2.04. The molecule has 1 nitrogen and oxygen atoms in total. The Morgan fingerprint density at radius 2 is 1.72 bits per heavy atom. The molecule has 0 aromatic heterocycles. The molecule has 0 saturated heterocycles. The van der Waals surface area contributed by atoms with E-state index in [2.05, 4.69) is 31.9 Å². The maximum atomic E-state index is 13.1. The van der Waals surface area contributed by atoms with E-state index >= 15 is 0 Å². The zero-order chi connectivity index (χ0) is 13.1. The number of Topliss-reactive ketones (excluding diaryl/α,β-unsaturated/α-hetero) is 1. The molecule has 0 radical (unpaired) electrons. The SMILES string of the molecule is O=C(Cc1ccc(Br)cc1)c1cc(F)ccc1Br. The first-order valence-corrected chi connectivity index (χ1v) is 6.87. The molecule has 0 fully saturated rings. The van der Waals surface area contributed by atoms with Gasteiger partial charge in [0.05, 0.1) is 0 Å². The van der Waals surface area contributed by atoms with Crippen molar-refractivity contribution >= 4 is 37.6 Å². The van der Waals surface area contributed by atoms with E-state index < -0.39 is 5.82 Å². The molecule has 0 unspecified atom stereocenters. The third-order valence-corrected chi connectivity index (χ3v) is 3.73. The van der Waals surface area contributed by atoms with Crippen molar-refractivity contribution in [2.45, 2.75) is 6.42 Å². The maximum absolute atomic E-state index is 13.1. The van der Waals surface area contributed by atoms with Gasteiger partial charge in [-0.2, -0.15) is 0 Å². The van der Waals surface area contributed by atoms with Crippen LogP contribution in [-0.2, 0) is 6.42 Å². The monoisotopic (exact) mass is 370 g/mol. The summed E-state index contributed by atoms with van der Waals surface area (Å²) in [7, 11) is 0. The van der Waals surface area contributed by atoms with E-state index in [0.717, 1.165) is 10.0 Å². The molecule has 0 spiro atoms. The second-order valence-electron chi connectivity index (χ2n) is 3.85. The molecule has 0 aliphatic carbocycles. The number of hydrogen-bond acceptors (Lipinski definition) is 1. The van der Waals surface area contributed by atoms with Gasteiger partial charge in [0, 0.05) is 20.9 Å². The van der Waals surface area contributed by atoms with E-state index in [4.69, 9.17) is 0 Å². The summed E-state index contributed by atoms with van der Waals surface area (Å²) < 4.78 is 14.7. The highest BCUT2D eigenvalue weighted by atomic mass is 79.9. The lowest BCUT2D eigenvalue weighted by Crippen LogP contribution is -2.05. The smallest absolute Gasteiger partial charge is 0.168 e. The fourth-order valence-electron chi connectivity index (χ4n) is 1.59. The van der Waals surface area contributed by atoms with Crippen LogP contribution in [0.3, 0.4) is 0 Å². The Labute approximate surface area is 121 Å². The fraction of sp³-hybridized carbons (Fsp3) is 0.0714. The van der Waals surface area contributed by atoms with Crippen molar-refractivity contribution in [3.8, 4) is 0 Å². The van der Waals surface area contributed by atoms with Gasteiger partial charge in [0.25, 0.3) is 0 Å².